The Morgan fingerprint density at radius 3 is 2.70 bits per heavy atom. The van der Waals surface area contributed by atoms with Gasteiger partial charge in [0.1, 0.15) is 11.9 Å². The van der Waals surface area contributed by atoms with Crippen molar-refractivity contribution in [2.45, 2.75) is 32.0 Å². The quantitative estimate of drug-likeness (QED) is 0.458. The number of carboxylic acid groups (broad SMARTS) is 1. The second-order valence-corrected chi connectivity index (χ2v) is 7.25. The van der Waals surface area contributed by atoms with Gasteiger partial charge >= 0.3 is 12.1 Å². The lowest BCUT2D eigenvalue weighted by Crippen LogP contribution is -2.39. The fourth-order valence-corrected chi connectivity index (χ4v) is 3.11. The molecule has 1 atom stereocenters. The molecule has 3 aromatic rings. The molecule has 0 saturated heterocycles. The van der Waals surface area contributed by atoms with Crippen molar-refractivity contribution in [3.8, 4) is 11.4 Å². The van der Waals surface area contributed by atoms with Crippen molar-refractivity contribution in [2.24, 2.45) is 0 Å². The zero-order valence-corrected chi connectivity index (χ0v) is 17.5. The molecule has 2 aromatic heterocycles. The average molecular weight is 462 g/mol. The number of aryl methyl sites for hydroxylation is 1. The van der Waals surface area contributed by atoms with Crippen LogP contribution in [0.2, 0.25) is 0 Å². The molecule has 174 valence electrons. The van der Waals surface area contributed by atoms with Crippen molar-refractivity contribution in [3.63, 3.8) is 0 Å². The van der Waals surface area contributed by atoms with E-state index in [0.717, 1.165) is 23.5 Å². The van der Waals surface area contributed by atoms with Gasteiger partial charge in [-0.1, -0.05) is 17.7 Å². The number of benzene rings is 1. The lowest BCUT2D eigenvalue weighted by atomic mass is 10.1. The number of rotatable bonds is 5. The number of aromatic amines is 1. The van der Waals surface area contributed by atoms with Crippen LogP contribution in [0.4, 0.5) is 18.9 Å². The van der Waals surface area contributed by atoms with E-state index in [-0.39, 0.29) is 11.9 Å². The van der Waals surface area contributed by atoms with Crippen LogP contribution in [0.15, 0.2) is 42.7 Å². The van der Waals surface area contributed by atoms with Gasteiger partial charge in [-0.15, -0.1) is 0 Å². The molecule has 1 aliphatic rings. The van der Waals surface area contributed by atoms with Gasteiger partial charge in [-0.05, 0) is 30.7 Å². The number of carbonyl (C=O) groups is 2. The first kappa shape index (κ1) is 23.7. The van der Waals surface area contributed by atoms with E-state index in [9.17, 15) is 18.0 Å². The molecule has 33 heavy (non-hydrogen) atoms. The molecule has 12 heteroatoms. The smallest absolute Gasteiger partial charge is 0.475 e. The highest BCUT2D eigenvalue weighted by Gasteiger charge is 2.38. The van der Waals surface area contributed by atoms with Crippen LogP contribution in [-0.4, -0.2) is 55.9 Å². The van der Waals surface area contributed by atoms with Gasteiger partial charge in [0, 0.05) is 43.0 Å². The third-order valence-corrected chi connectivity index (χ3v) is 4.69. The second-order valence-electron chi connectivity index (χ2n) is 7.25. The van der Waals surface area contributed by atoms with E-state index < -0.39 is 12.1 Å². The number of hydrogen-bond acceptors (Lipinski definition) is 6. The number of hydrogen-bond donors (Lipinski definition) is 4. The Hall–Kier alpha value is -3.96. The average Bonchev–Trinajstić information content (AvgIpc) is 3.41. The number of nitrogens with one attached hydrogen (secondary N) is 3. The first-order valence-corrected chi connectivity index (χ1v) is 9.89. The second kappa shape index (κ2) is 10.1. The molecule has 0 fully saturated rings. The molecular weight excluding hydrogens is 441 g/mol. The minimum atomic E-state index is -5.08. The Bertz CT molecular complexity index is 1120. The zero-order valence-electron chi connectivity index (χ0n) is 17.5. The number of pyridine rings is 1. The summed E-state index contributed by atoms with van der Waals surface area (Å²) in [6, 6.07) is 9.76. The van der Waals surface area contributed by atoms with Gasteiger partial charge in [0.2, 0.25) is 5.91 Å². The SMILES string of the molecule is Cc1ccc2c(c1)CC(C(=O)NCCc1nc(-c3cccnc3)n[nH]1)N2.O=C(O)C(F)(F)F. The molecule has 0 bridgehead atoms. The molecule has 1 aliphatic heterocycles. The van der Waals surface area contributed by atoms with Crippen LogP contribution in [0.3, 0.4) is 0 Å². The topological polar surface area (TPSA) is 133 Å². The molecule has 1 aromatic carbocycles. The number of aliphatic carboxylic acids is 1. The number of nitrogens with zero attached hydrogens (tertiary/aromatic N) is 3. The summed E-state index contributed by atoms with van der Waals surface area (Å²) in [5.74, 6) is -1.40. The summed E-state index contributed by atoms with van der Waals surface area (Å²) in [6.07, 6.45) is -0.336. The number of anilines is 1. The van der Waals surface area contributed by atoms with Crippen LogP contribution in [0, 0.1) is 6.92 Å². The van der Waals surface area contributed by atoms with Crippen LogP contribution in [0.1, 0.15) is 17.0 Å². The maximum atomic E-state index is 12.4. The summed E-state index contributed by atoms with van der Waals surface area (Å²) in [4.78, 5) is 29.8. The molecule has 0 spiro atoms. The van der Waals surface area contributed by atoms with Crippen molar-refractivity contribution >= 4 is 17.6 Å². The molecule has 0 aliphatic carbocycles. The zero-order chi connectivity index (χ0) is 24.0. The predicted molar refractivity (Wildman–Crippen MR) is 112 cm³/mol. The van der Waals surface area contributed by atoms with Crippen LogP contribution >= 0.6 is 0 Å². The van der Waals surface area contributed by atoms with E-state index in [1.807, 2.05) is 18.2 Å². The molecule has 4 N–H and O–H groups in total. The van der Waals surface area contributed by atoms with Crippen molar-refractivity contribution in [2.75, 3.05) is 11.9 Å². The van der Waals surface area contributed by atoms with E-state index in [0.29, 0.717) is 18.8 Å². The highest BCUT2D eigenvalue weighted by atomic mass is 19.4. The van der Waals surface area contributed by atoms with Crippen molar-refractivity contribution in [3.05, 3.63) is 59.7 Å². The molecule has 0 radical (unpaired) electrons. The molecule has 0 saturated carbocycles. The summed E-state index contributed by atoms with van der Waals surface area (Å²) < 4.78 is 31.7. The van der Waals surface area contributed by atoms with E-state index in [4.69, 9.17) is 9.90 Å². The first-order chi connectivity index (χ1) is 15.6. The first-order valence-electron chi connectivity index (χ1n) is 9.89. The van der Waals surface area contributed by atoms with E-state index in [1.54, 1.807) is 12.4 Å². The van der Waals surface area contributed by atoms with Crippen LogP contribution < -0.4 is 10.6 Å². The highest BCUT2D eigenvalue weighted by molar-refractivity contribution is 5.87. The van der Waals surface area contributed by atoms with Gasteiger partial charge in [0.15, 0.2) is 5.82 Å². The number of alkyl halides is 3. The van der Waals surface area contributed by atoms with Crippen molar-refractivity contribution < 1.29 is 27.9 Å². The highest BCUT2D eigenvalue weighted by Crippen LogP contribution is 2.26. The predicted octanol–water partition coefficient (Wildman–Crippen LogP) is 2.50. The maximum absolute atomic E-state index is 12.4. The number of carbonyl (C=O) groups excluding carboxylic acids is 1. The van der Waals surface area contributed by atoms with Gasteiger partial charge in [-0.25, -0.2) is 9.78 Å². The fraction of sp³-hybridized carbons (Fsp3) is 0.286. The number of fused-ring (bicyclic) bond motifs is 1. The Morgan fingerprint density at radius 1 is 1.27 bits per heavy atom. The van der Waals surface area contributed by atoms with Crippen LogP contribution in [0.5, 0.6) is 0 Å². The van der Waals surface area contributed by atoms with Crippen molar-refractivity contribution in [1.82, 2.24) is 25.5 Å². The molecule has 1 unspecified atom stereocenters. The number of amides is 1. The minimum absolute atomic E-state index is 0.00542. The van der Waals surface area contributed by atoms with Gasteiger partial charge in [-0.3, -0.25) is 14.9 Å². The molecule has 4 rings (SSSR count). The van der Waals surface area contributed by atoms with Gasteiger partial charge in [-0.2, -0.15) is 18.3 Å². The Labute approximate surface area is 186 Å². The van der Waals surface area contributed by atoms with Gasteiger partial charge in [0.05, 0.1) is 0 Å². The summed E-state index contributed by atoms with van der Waals surface area (Å²) in [6.45, 7) is 2.57. The van der Waals surface area contributed by atoms with Gasteiger partial charge < -0.3 is 15.7 Å². The Balaban J connectivity index is 0.000000383. The standard InChI is InChI=1S/C19H20N6O.C2HF3O2/c1-12-4-5-15-14(9-12)10-16(22-15)19(26)21-8-6-17-23-18(25-24-17)13-3-2-7-20-11-13;3-2(4,5)1(6)7/h2-5,7,9,11,16,22H,6,8,10H2,1H3,(H,21,26)(H,23,24,25);(H,6,7). The van der Waals surface area contributed by atoms with E-state index in [1.165, 1.54) is 11.1 Å². The number of H-pyrrole nitrogens is 1. The largest absolute Gasteiger partial charge is 0.490 e. The van der Waals surface area contributed by atoms with Crippen LogP contribution in [-0.2, 0) is 22.4 Å². The van der Waals surface area contributed by atoms with Crippen molar-refractivity contribution in [1.29, 1.82) is 0 Å². The third kappa shape index (κ3) is 6.51. The van der Waals surface area contributed by atoms with Gasteiger partial charge in [0.25, 0.3) is 0 Å². The summed E-state index contributed by atoms with van der Waals surface area (Å²) in [5.41, 5.74) is 4.32. The monoisotopic (exact) mass is 462 g/mol. The Kier molecular flexibility index (Phi) is 7.26. The lowest BCUT2D eigenvalue weighted by molar-refractivity contribution is -0.192. The third-order valence-electron chi connectivity index (χ3n) is 4.69. The summed E-state index contributed by atoms with van der Waals surface area (Å²) >= 11 is 0. The summed E-state index contributed by atoms with van der Waals surface area (Å²) in [7, 11) is 0. The van der Waals surface area contributed by atoms with E-state index in [2.05, 4.69) is 49.9 Å². The molecule has 3 heterocycles. The normalized spacial score (nSPS) is 14.5. The maximum Gasteiger partial charge on any atom is 0.490 e. The number of aromatic nitrogens is 4. The fourth-order valence-electron chi connectivity index (χ4n) is 3.11. The lowest BCUT2D eigenvalue weighted by Gasteiger charge is -2.11. The Morgan fingerprint density at radius 2 is 2.03 bits per heavy atom. The number of halogens is 3. The summed E-state index contributed by atoms with van der Waals surface area (Å²) in [5, 5.41) is 20.5. The number of carboxylic acids is 1. The van der Waals surface area contributed by atoms with Crippen LogP contribution in [0.25, 0.3) is 11.4 Å². The molecule has 1 amide bonds. The molecular formula is C21H21F3N6O3. The van der Waals surface area contributed by atoms with E-state index >= 15 is 0 Å². The minimum Gasteiger partial charge on any atom is -0.475 e. The molecule has 9 nitrogen and oxygen atoms in total.